The van der Waals surface area contributed by atoms with E-state index >= 15 is 0 Å². The van der Waals surface area contributed by atoms with Crippen molar-refractivity contribution in [3.05, 3.63) is 53.6 Å². The van der Waals surface area contributed by atoms with Gasteiger partial charge in [-0.05, 0) is 37.7 Å². The molecule has 186 valence electrons. The molecule has 2 aromatic rings. The molecule has 1 aromatic carbocycles. The van der Waals surface area contributed by atoms with Crippen molar-refractivity contribution in [2.24, 2.45) is 0 Å². The molecular formula is C31H52N2. The van der Waals surface area contributed by atoms with Crippen LogP contribution in [-0.4, -0.2) is 9.55 Å². The molecule has 0 N–H and O–H groups in total. The molecule has 0 atom stereocenters. The number of hydrogen-bond acceptors (Lipinski definition) is 1. The second-order valence-corrected chi connectivity index (χ2v) is 10.0. The van der Waals surface area contributed by atoms with E-state index in [9.17, 15) is 0 Å². The Kier molecular flexibility index (Phi) is 15.8. The van der Waals surface area contributed by atoms with E-state index < -0.39 is 0 Å². The van der Waals surface area contributed by atoms with Gasteiger partial charge in [0, 0.05) is 19.2 Å². The van der Waals surface area contributed by atoms with Gasteiger partial charge < -0.3 is 4.57 Å². The van der Waals surface area contributed by atoms with Crippen molar-refractivity contribution in [1.82, 2.24) is 9.55 Å². The number of rotatable bonds is 21. The number of benzene rings is 1. The first-order chi connectivity index (χ1) is 16.3. The molecule has 0 saturated carbocycles. The van der Waals surface area contributed by atoms with Gasteiger partial charge in [0.05, 0.1) is 5.69 Å². The van der Waals surface area contributed by atoms with Gasteiger partial charge in [-0.3, -0.25) is 0 Å². The zero-order valence-corrected chi connectivity index (χ0v) is 22.0. The standard InChI is InChI=1S/C31H52N2/c1-3-5-7-9-10-11-12-13-14-15-19-26-31-32-30(28-33(31)27-20-8-6-4-2)25-21-24-29-22-17-16-18-23-29/h16-18,22-23,28H,3-15,19-21,24-27H2,1-2H3. The Balaban J connectivity index is 1.68. The van der Waals surface area contributed by atoms with Crippen LogP contribution in [0.15, 0.2) is 36.5 Å². The minimum Gasteiger partial charge on any atom is -0.335 e. The van der Waals surface area contributed by atoms with Crippen LogP contribution in [0, 0.1) is 0 Å². The molecule has 0 radical (unpaired) electrons. The van der Waals surface area contributed by atoms with E-state index in [2.05, 4.69) is 54.9 Å². The van der Waals surface area contributed by atoms with Crippen molar-refractivity contribution < 1.29 is 0 Å². The number of aryl methyl sites for hydroxylation is 4. The second-order valence-electron chi connectivity index (χ2n) is 10.0. The van der Waals surface area contributed by atoms with Crippen LogP contribution >= 0.6 is 0 Å². The van der Waals surface area contributed by atoms with Gasteiger partial charge in [-0.15, -0.1) is 0 Å². The summed E-state index contributed by atoms with van der Waals surface area (Å²) in [4.78, 5) is 5.09. The molecule has 2 heteroatoms. The highest BCUT2D eigenvalue weighted by Gasteiger charge is 2.08. The topological polar surface area (TPSA) is 17.8 Å². The van der Waals surface area contributed by atoms with Crippen molar-refractivity contribution in [3.63, 3.8) is 0 Å². The minimum atomic E-state index is 1.10. The molecular weight excluding hydrogens is 400 g/mol. The molecule has 0 saturated heterocycles. The summed E-state index contributed by atoms with van der Waals surface area (Å²) >= 11 is 0. The smallest absolute Gasteiger partial charge is 0.108 e. The van der Waals surface area contributed by atoms with E-state index in [0.717, 1.165) is 25.8 Å². The first-order valence-electron chi connectivity index (χ1n) is 14.4. The van der Waals surface area contributed by atoms with Crippen molar-refractivity contribution in [1.29, 1.82) is 0 Å². The maximum Gasteiger partial charge on any atom is 0.108 e. The summed E-state index contributed by atoms with van der Waals surface area (Å²) in [6, 6.07) is 10.9. The Hall–Kier alpha value is -1.57. The third-order valence-corrected chi connectivity index (χ3v) is 6.91. The van der Waals surface area contributed by atoms with E-state index in [4.69, 9.17) is 4.98 Å². The molecule has 0 spiro atoms. The molecule has 0 aliphatic rings. The molecule has 33 heavy (non-hydrogen) atoms. The van der Waals surface area contributed by atoms with Crippen molar-refractivity contribution >= 4 is 0 Å². The summed E-state index contributed by atoms with van der Waals surface area (Å²) in [5.74, 6) is 1.34. The SMILES string of the molecule is CCCCCCCCCCCCCc1nc(CCCc2ccccc2)cn1CCCCCC. The average molecular weight is 453 g/mol. The summed E-state index contributed by atoms with van der Waals surface area (Å²) in [5, 5.41) is 0. The van der Waals surface area contributed by atoms with Crippen molar-refractivity contribution in [3.8, 4) is 0 Å². The molecule has 2 nitrogen and oxygen atoms in total. The van der Waals surface area contributed by atoms with Gasteiger partial charge in [-0.2, -0.15) is 0 Å². The van der Waals surface area contributed by atoms with E-state index in [1.807, 2.05) is 0 Å². The number of hydrogen-bond donors (Lipinski definition) is 0. The number of imidazole rings is 1. The van der Waals surface area contributed by atoms with Crippen LogP contribution < -0.4 is 0 Å². The lowest BCUT2D eigenvalue weighted by atomic mass is 10.1. The van der Waals surface area contributed by atoms with Crippen LogP contribution in [0.2, 0.25) is 0 Å². The molecule has 0 unspecified atom stereocenters. The highest BCUT2D eigenvalue weighted by molar-refractivity contribution is 5.15. The van der Waals surface area contributed by atoms with Crippen LogP contribution in [0.5, 0.6) is 0 Å². The number of nitrogens with zero attached hydrogens (tertiary/aromatic N) is 2. The van der Waals surface area contributed by atoms with Gasteiger partial charge in [-0.1, -0.05) is 128 Å². The Bertz CT molecular complexity index is 688. The Morgan fingerprint density at radius 1 is 0.576 bits per heavy atom. The van der Waals surface area contributed by atoms with Gasteiger partial charge in [0.15, 0.2) is 0 Å². The fourth-order valence-electron chi connectivity index (χ4n) is 4.80. The molecule has 0 fully saturated rings. The third-order valence-electron chi connectivity index (χ3n) is 6.91. The van der Waals surface area contributed by atoms with Gasteiger partial charge in [-0.25, -0.2) is 4.98 Å². The zero-order chi connectivity index (χ0) is 23.4. The molecule has 0 bridgehead atoms. The van der Waals surface area contributed by atoms with E-state index in [1.165, 1.54) is 120 Å². The van der Waals surface area contributed by atoms with Crippen LogP contribution in [0.3, 0.4) is 0 Å². The lowest BCUT2D eigenvalue weighted by Gasteiger charge is -2.07. The first kappa shape index (κ1) is 27.7. The third kappa shape index (κ3) is 13.0. The van der Waals surface area contributed by atoms with E-state index in [-0.39, 0.29) is 0 Å². The maximum absolute atomic E-state index is 5.09. The monoisotopic (exact) mass is 452 g/mol. The first-order valence-corrected chi connectivity index (χ1v) is 14.4. The van der Waals surface area contributed by atoms with Crippen molar-refractivity contribution in [2.45, 2.75) is 142 Å². The van der Waals surface area contributed by atoms with Crippen LogP contribution in [0.25, 0.3) is 0 Å². The minimum absolute atomic E-state index is 1.10. The number of unbranched alkanes of at least 4 members (excludes halogenated alkanes) is 13. The second kappa shape index (κ2) is 18.8. The molecule has 0 aliphatic carbocycles. The van der Waals surface area contributed by atoms with Crippen LogP contribution in [0.1, 0.15) is 134 Å². The Morgan fingerprint density at radius 3 is 1.79 bits per heavy atom. The molecule has 2 rings (SSSR count). The van der Waals surface area contributed by atoms with Crippen LogP contribution in [-0.2, 0) is 25.8 Å². The zero-order valence-electron chi connectivity index (χ0n) is 22.0. The van der Waals surface area contributed by atoms with Crippen LogP contribution in [0.4, 0.5) is 0 Å². The molecule has 0 aliphatic heterocycles. The fraction of sp³-hybridized carbons (Fsp3) is 0.710. The highest BCUT2D eigenvalue weighted by Crippen LogP contribution is 2.15. The lowest BCUT2D eigenvalue weighted by molar-refractivity contribution is 0.535. The molecule has 0 amide bonds. The van der Waals surface area contributed by atoms with Gasteiger partial charge >= 0.3 is 0 Å². The highest BCUT2D eigenvalue weighted by atomic mass is 15.1. The summed E-state index contributed by atoms with van der Waals surface area (Å²) in [5.41, 5.74) is 2.75. The summed E-state index contributed by atoms with van der Waals surface area (Å²) in [6.07, 6.45) is 27.7. The predicted octanol–water partition coefficient (Wildman–Crippen LogP) is 9.49. The summed E-state index contributed by atoms with van der Waals surface area (Å²) in [7, 11) is 0. The van der Waals surface area contributed by atoms with Gasteiger partial charge in [0.25, 0.3) is 0 Å². The van der Waals surface area contributed by atoms with Gasteiger partial charge in [0.1, 0.15) is 5.82 Å². The fourth-order valence-corrected chi connectivity index (χ4v) is 4.80. The molecule has 1 heterocycles. The number of aromatic nitrogens is 2. The largest absolute Gasteiger partial charge is 0.335 e. The average Bonchev–Trinajstić information content (AvgIpc) is 3.22. The maximum atomic E-state index is 5.09. The summed E-state index contributed by atoms with van der Waals surface area (Å²) in [6.45, 7) is 5.74. The van der Waals surface area contributed by atoms with Gasteiger partial charge in [0.2, 0.25) is 0 Å². The summed E-state index contributed by atoms with van der Waals surface area (Å²) < 4.78 is 2.49. The van der Waals surface area contributed by atoms with E-state index in [0.29, 0.717) is 0 Å². The lowest BCUT2D eigenvalue weighted by Crippen LogP contribution is -2.03. The molecule has 1 aromatic heterocycles. The Labute approximate surface area is 205 Å². The van der Waals surface area contributed by atoms with Crippen molar-refractivity contribution in [2.75, 3.05) is 0 Å². The predicted molar refractivity (Wildman–Crippen MR) is 145 cm³/mol. The normalized spacial score (nSPS) is 11.3. The van der Waals surface area contributed by atoms with E-state index in [1.54, 1.807) is 0 Å². The quantitative estimate of drug-likeness (QED) is 0.172. The Morgan fingerprint density at radius 2 is 1.15 bits per heavy atom.